The molecule has 0 saturated heterocycles. The molecule has 32 heavy (non-hydrogen) atoms. The van der Waals surface area contributed by atoms with Crippen LogP contribution in [0.2, 0.25) is 16.6 Å². The van der Waals surface area contributed by atoms with Crippen molar-refractivity contribution in [2.75, 3.05) is 60.6 Å². The first-order valence-electron chi connectivity index (χ1n) is 10.9. The van der Waals surface area contributed by atoms with Crippen LogP contribution in [0.15, 0.2) is 0 Å². The van der Waals surface area contributed by atoms with Crippen LogP contribution in [0.5, 0.6) is 0 Å². The van der Waals surface area contributed by atoms with Crippen molar-refractivity contribution >= 4 is 8.07 Å². The minimum absolute atomic E-state index is 0.256. The Kier molecular flexibility index (Phi) is 11.8. The first kappa shape index (κ1) is 31.7. The third kappa shape index (κ3) is 3.77. The average molecular weight is 491 g/mol. The van der Waals surface area contributed by atoms with E-state index in [2.05, 4.69) is 0 Å². The Hall–Kier alpha value is -0.263. The predicted molar refractivity (Wildman–Crippen MR) is 118 cm³/mol. The lowest BCUT2D eigenvalue weighted by Gasteiger charge is -2.69. The van der Waals surface area contributed by atoms with Gasteiger partial charge in [0, 0.05) is 0 Å². The predicted octanol–water partition coefficient (Wildman–Crippen LogP) is -2.14. The molecule has 0 atom stereocenters. The fourth-order valence-electron chi connectivity index (χ4n) is 7.03. The van der Waals surface area contributed by atoms with Gasteiger partial charge in [0.15, 0.2) is 60.6 Å². The Morgan fingerprint density at radius 2 is 0.594 bits per heavy atom. The SMILES string of the molecule is CC(C)[Si](C(C)C)(C(C)C)C([N+](CO)(CO)CO)([N+](CO)(CO)CO)[N+](CO)(CO)CO. The molecule has 0 aliphatic heterocycles. The minimum atomic E-state index is -3.43. The van der Waals surface area contributed by atoms with Crippen LogP contribution >= 0.6 is 0 Å². The Bertz CT molecular complexity index is 457. The summed E-state index contributed by atoms with van der Waals surface area (Å²) in [6.07, 6.45) is 0. The zero-order valence-electron chi connectivity index (χ0n) is 20.5. The normalized spacial score (nSPS) is 14.8. The van der Waals surface area contributed by atoms with Gasteiger partial charge in [0.2, 0.25) is 0 Å². The molecule has 0 rings (SSSR count). The number of quaternary nitrogens is 3. The Morgan fingerprint density at radius 1 is 0.438 bits per heavy atom. The van der Waals surface area contributed by atoms with Crippen molar-refractivity contribution in [2.45, 2.75) is 63.6 Å². The lowest BCUT2D eigenvalue weighted by Crippen LogP contribution is -3.00. The summed E-state index contributed by atoms with van der Waals surface area (Å²) in [4.78, 5) is 0. The minimum Gasteiger partial charge on any atom is -0.347 e. The molecular formula is C19H48N3O9Si+3. The lowest BCUT2D eigenvalue weighted by atomic mass is 10.3. The number of aliphatic hydroxyl groups is 9. The maximum absolute atomic E-state index is 10.7. The fourth-order valence-corrected chi connectivity index (χ4v) is 16.5. The zero-order valence-corrected chi connectivity index (χ0v) is 21.5. The van der Waals surface area contributed by atoms with Crippen LogP contribution in [0.3, 0.4) is 0 Å². The molecule has 0 bridgehead atoms. The van der Waals surface area contributed by atoms with Crippen molar-refractivity contribution in [1.82, 2.24) is 0 Å². The largest absolute Gasteiger partial charge is 0.347 e. The molecule has 0 saturated carbocycles. The summed E-state index contributed by atoms with van der Waals surface area (Å²) in [6, 6.07) is 0. The lowest BCUT2D eigenvalue weighted by molar-refractivity contribution is -1.33. The number of hydrogen-bond acceptors (Lipinski definition) is 9. The molecule has 13 heteroatoms. The van der Waals surface area contributed by atoms with Crippen molar-refractivity contribution in [3.8, 4) is 0 Å². The zero-order chi connectivity index (χ0) is 25.6. The van der Waals surface area contributed by atoms with E-state index in [9.17, 15) is 46.0 Å². The van der Waals surface area contributed by atoms with Gasteiger partial charge in [0.05, 0.1) is 0 Å². The molecule has 12 nitrogen and oxygen atoms in total. The van der Waals surface area contributed by atoms with Crippen LogP contribution in [-0.4, -0.2) is 133 Å². The van der Waals surface area contributed by atoms with Crippen molar-refractivity contribution < 1.29 is 59.4 Å². The van der Waals surface area contributed by atoms with Crippen LogP contribution in [0.4, 0.5) is 0 Å². The summed E-state index contributed by atoms with van der Waals surface area (Å²) in [6.45, 7) is 3.05. The number of rotatable bonds is 16. The topological polar surface area (TPSA) is 182 Å². The number of nitrogens with zero attached hydrogens (tertiary/aromatic N) is 3. The smallest absolute Gasteiger partial charge is 0.323 e. The second-order valence-electron chi connectivity index (χ2n) is 9.74. The number of aliphatic hydroxyl groups excluding tert-OH is 9. The maximum Gasteiger partial charge on any atom is 0.323 e. The summed E-state index contributed by atoms with van der Waals surface area (Å²) in [5.74, 6) is 0. The van der Waals surface area contributed by atoms with Gasteiger partial charge >= 0.3 is 5.41 Å². The molecule has 0 aliphatic rings. The molecule has 0 fully saturated rings. The molecule has 0 heterocycles. The second-order valence-corrected chi connectivity index (χ2v) is 15.7. The summed E-state index contributed by atoms with van der Waals surface area (Å²) >= 11 is 0. The van der Waals surface area contributed by atoms with Gasteiger partial charge in [-0.05, 0) is 16.6 Å². The monoisotopic (exact) mass is 490 g/mol. The maximum atomic E-state index is 10.7. The van der Waals surface area contributed by atoms with Gasteiger partial charge < -0.3 is 46.0 Å². The van der Waals surface area contributed by atoms with Crippen LogP contribution < -0.4 is 0 Å². The van der Waals surface area contributed by atoms with E-state index in [-0.39, 0.29) is 16.6 Å². The standard InChI is InChI=1S/C19H48N3O9Si/c1-16(2)32(17(3)4,18(5)6)19(20(7-23,8-24)9-25,21(10-26,11-27)12-28)22(13-29,14-30)15-31/h16-18,23-31H,7-15H2,1-6H3/q+3. The van der Waals surface area contributed by atoms with Crippen molar-refractivity contribution in [3.63, 3.8) is 0 Å². The highest BCUT2D eigenvalue weighted by atomic mass is 28.3. The van der Waals surface area contributed by atoms with Gasteiger partial charge in [-0.2, -0.15) is 13.4 Å². The van der Waals surface area contributed by atoms with E-state index in [0.29, 0.717) is 0 Å². The fraction of sp³-hybridized carbons (Fsp3) is 1.00. The van der Waals surface area contributed by atoms with Gasteiger partial charge in [-0.25, -0.2) is 0 Å². The Labute approximate surface area is 192 Å². The molecule has 0 aliphatic carbocycles. The highest BCUT2D eigenvalue weighted by Crippen LogP contribution is 2.59. The quantitative estimate of drug-likeness (QED) is 0.0662. The summed E-state index contributed by atoms with van der Waals surface area (Å²) in [5, 5.41) is 96.2. The van der Waals surface area contributed by atoms with Gasteiger partial charge in [0.1, 0.15) is 0 Å². The Balaban J connectivity index is 8.76. The first-order chi connectivity index (χ1) is 14.9. The van der Waals surface area contributed by atoms with E-state index in [1.54, 1.807) is 0 Å². The van der Waals surface area contributed by atoms with E-state index < -0.39 is 87.5 Å². The van der Waals surface area contributed by atoms with Crippen LogP contribution in [0.1, 0.15) is 41.5 Å². The second kappa shape index (κ2) is 11.9. The average Bonchev–Trinajstić information content (AvgIpc) is 2.77. The van der Waals surface area contributed by atoms with Gasteiger partial charge in [-0.1, -0.05) is 41.5 Å². The molecule has 0 aromatic heterocycles. The molecule has 0 radical (unpaired) electrons. The molecule has 0 aromatic rings. The van der Waals surface area contributed by atoms with E-state index in [1.165, 1.54) is 0 Å². The van der Waals surface area contributed by atoms with Crippen LogP contribution in [0, 0.1) is 0 Å². The van der Waals surface area contributed by atoms with E-state index >= 15 is 0 Å². The molecule has 0 unspecified atom stereocenters. The molecule has 194 valence electrons. The van der Waals surface area contributed by atoms with Crippen LogP contribution in [0.25, 0.3) is 0 Å². The Morgan fingerprint density at radius 3 is 0.688 bits per heavy atom. The highest BCUT2D eigenvalue weighted by molar-refractivity contribution is 6.85. The first-order valence-corrected chi connectivity index (χ1v) is 13.2. The van der Waals surface area contributed by atoms with E-state index in [4.69, 9.17) is 0 Å². The summed E-state index contributed by atoms with van der Waals surface area (Å²) in [5.41, 5.74) is -2.80. The highest BCUT2D eigenvalue weighted by Gasteiger charge is 2.88. The number of hydrogen-bond donors (Lipinski definition) is 9. The van der Waals surface area contributed by atoms with Gasteiger partial charge in [-0.15, -0.1) is 0 Å². The third-order valence-corrected chi connectivity index (χ3v) is 16.2. The third-order valence-electron chi connectivity index (χ3n) is 7.87. The van der Waals surface area contributed by atoms with Crippen LogP contribution in [-0.2, 0) is 0 Å². The van der Waals surface area contributed by atoms with Gasteiger partial charge in [-0.3, -0.25) is 0 Å². The molecule has 9 N–H and O–H groups in total. The van der Waals surface area contributed by atoms with E-state index in [0.717, 1.165) is 0 Å². The molecule has 0 spiro atoms. The summed E-state index contributed by atoms with van der Waals surface area (Å²) < 4.78 is -3.05. The summed E-state index contributed by atoms with van der Waals surface area (Å²) in [7, 11) is -3.43. The van der Waals surface area contributed by atoms with E-state index in [1.807, 2.05) is 41.5 Å². The molecule has 0 amide bonds. The van der Waals surface area contributed by atoms with Crippen molar-refractivity contribution in [2.24, 2.45) is 0 Å². The molecular weight excluding hydrogens is 442 g/mol. The van der Waals surface area contributed by atoms with Crippen molar-refractivity contribution in [1.29, 1.82) is 0 Å². The molecule has 0 aromatic carbocycles. The van der Waals surface area contributed by atoms with Gasteiger partial charge in [0.25, 0.3) is 8.07 Å². The van der Waals surface area contributed by atoms with Crippen molar-refractivity contribution in [3.05, 3.63) is 0 Å².